The highest BCUT2D eigenvalue weighted by Gasteiger charge is 2.27. The highest BCUT2D eigenvalue weighted by atomic mass is 32.2. The number of anilines is 2. The number of rotatable bonds is 10. The molecule has 2 rings (SSSR count). The number of nitrogens with one attached hydrogen (secondary N) is 3. The number of urea groups is 1. The third-order valence-corrected chi connectivity index (χ3v) is 5.70. The SMILES string of the molecule is CCN(CC)C(=O)c1ccc(NC=O)cc1S(=O)(=O)NC(=O)Nc1nc(OC)cc(OC)n1. The van der Waals surface area contributed by atoms with Crippen molar-refractivity contribution in [1.82, 2.24) is 19.6 Å². The Balaban J connectivity index is 2.39. The molecule has 178 valence electrons. The lowest BCUT2D eigenvalue weighted by Crippen LogP contribution is -2.37. The number of amides is 4. The van der Waals surface area contributed by atoms with Gasteiger partial charge in [-0.05, 0) is 32.0 Å². The first kappa shape index (κ1) is 25.3. The number of nitrogens with zero attached hydrogens (tertiary/aromatic N) is 3. The van der Waals surface area contributed by atoms with Gasteiger partial charge in [-0.15, -0.1) is 0 Å². The standard InChI is InChI=1S/C19H24N6O7S/c1-5-25(6-2)17(27)13-8-7-12(20-11-26)9-14(13)33(29,30)24-19(28)23-18-21-15(31-3)10-16(22-18)32-4/h7-11H,5-6H2,1-4H3,(H,20,26)(H2,21,22,23,24,28). The molecule has 1 heterocycles. The van der Waals surface area contributed by atoms with Crippen molar-refractivity contribution in [1.29, 1.82) is 0 Å². The zero-order valence-electron chi connectivity index (χ0n) is 18.4. The summed E-state index contributed by atoms with van der Waals surface area (Å²) < 4.78 is 37.8. The molecule has 0 radical (unpaired) electrons. The molecule has 0 aliphatic rings. The Morgan fingerprint density at radius 3 is 2.18 bits per heavy atom. The summed E-state index contributed by atoms with van der Waals surface area (Å²) in [5, 5.41) is 4.49. The maximum Gasteiger partial charge on any atom is 0.335 e. The van der Waals surface area contributed by atoms with Gasteiger partial charge < -0.3 is 19.7 Å². The van der Waals surface area contributed by atoms with Gasteiger partial charge in [0.2, 0.25) is 24.1 Å². The van der Waals surface area contributed by atoms with Crippen molar-refractivity contribution < 1.29 is 32.3 Å². The number of aromatic nitrogens is 2. The van der Waals surface area contributed by atoms with Crippen molar-refractivity contribution in [2.45, 2.75) is 18.7 Å². The van der Waals surface area contributed by atoms with Crippen molar-refractivity contribution in [3.05, 3.63) is 29.8 Å². The molecular formula is C19H24N6O7S. The highest BCUT2D eigenvalue weighted by Crippen LogP contribution is 2.23. The minimum atomic E-state index is -4.56. The third-order valence-electron chi connectivity index (χ3n) is 4.33. The first-order valence-corrected chi connectivity index (χ1v) is 11.1. The van der Waals surface area contributed by atoms with E-state index in [0.29, 0.717) is 19.5 Å². The molecule has 0 saturated heterocycles. The van der Waals surface area contributed by atoms with Crippen LogP contribution in [0.1, 0.15) is 24.2 Å². The van der Waals surface area contributed by atoms with Crippen LogP contribution in [0, 0.1) is 0 Å². The van der Waals surface area contributed by atoms with E-state index in [1.54, 1.807) is 13.8 Å². The topological polar surface area (TPSA) is 169 Å². The van der Waals surface area contributed by atoms with Crippen molar-refractivity contribution in [2.24, 2.45) is 0 Å². The van der Waals surface area contributed by atoms with Crippen LogP contribution in [0.15, 0.2) is 29.2 Å². The average Bonchev–Trinajstić information content (AvgIpc) is 2.79. The summed E-state index contributed by atoms with van der Waals surface area (Å²) in [5.74, 6) is -0.700. The summed E-state index contributed by atoms with van der Waals surface area (Å²) in [7, 11) is -1.88. The molecule has 33 heavy (non-hydrogen) atoms. The molecule has 1 aromatic heterocycles. The number of benzene rings is 1. The maximum atomic E-state index is 13.0. The lowest BCUT2D eigenvalue weighted by Gasteiger charge is -2.21. The smallest absolute Gasteiger partial charge is 0.335 e. The second kappa shape index (κ2) is 11.1. The Labute approximate surface area is 190 Å². The van der Waals surface area contributed by atoms with Crippen LogP contribution in [-0.2, 0) is 14.8 Å². The summed E-state index contributed by atoms with van der Waals surface area (Å²) in [6.45, 7) is 4.16. The quantitative estimate of drug-likeness (QED) is 0.421. The molecular weight excluding hydrogens is 456 g/mol. The van der Waals surface area contributed by atoms with Crippen LogP contribution >= 0.6 is 0 Å². The lowest BCUT2D eigenvalue weighted by molar-refractivity contribution is -0.105. The third kappa shape index (κ3) is 6.29. The summed E-state index contributed by atoms with van der Waals surface area (Å²) in [6, 6.07) is 3.87. The number of hydrogen-bond acceptors (Lipinski definition) is 9. The Kier molecular flexibility index (Phi) is 8.50. The van der Waals surface area contributed by atoms with Gasteiger partial charge in [0.15, 0.2) is 0 Å². The average molecular weight is 481 g/mol. The highest BCUT2D eigenvalue weighted by molar-refractivity contribution is 7.90. The van der Waals surface area contributed by atoms with Crippen LogP contribution in [0.5, 0.6) is 11.8 Å². The van der Waals surface area contributed by atoms with Gasteiger partial charge in [-0.25, -0.2) is 17.9 Å². The van der Waals surface area contributed by atoms with E-state index in [9.17, 15) is 22.8 Å². The Morgan fingerprint density at radius 2 is 1.67 bits per heavy atom. The van der Waals surface area contributed by atoms with Crippen molar-refractivity contribution in [3.8, 4) is 11.8 Å². The monoisotopic (exact) mass is 480 g/mol. The van der Waals surface area contributed by atoms with Crippen LogP contribution in [0.2, 0.25) is 0 Å². The molecule has 0 fully saturated rings. The van der Waals surface area contributed by atoms with E-state index in [1.165, 1.54) is 37.3 Å². The van der Waals surface area contributed by atoms with Gasteiger partial charge in [0.1, 0.15) is 4.90 Å². The first-order chi connectivity index (χ1) is 15.7. The van der Waals surface area contributed by atoms with E-state index in [4.69, 9.17) is 9.47 Å². The minimum absolute atomic E-state index is 0.0692. The van der Waals surface area contributed by atoms with Gasteiger partial charge in [-0.2, -0.15) is 9.97 Å². The second-order valence-corrected chi connectivity index (χ2v) is 7.94. The molecule has 14 heteroatoms. The van der Waals surface area contributed by atoms with Gasteiger partial charge in [-0.1, -0.05) is 0 Å². The normalized spacial score (nSPS) is 10.7. The molecule has 0 unspecified atom stereocenters. The molecule has 0 atom stereocenters. The summed E-state index contributed by atoms with van der Waals surface area (Å²) in [4.78, 5) is 44.7. The van der Waals surface area contributed by atoms with E-state index in [0.717, 1.165) is 6.07 Å². The van der Waals surface area contributed by atoms with Gasteiger partial charge in [0, 0.05) is 18.8 Å². The maximum absolute atomic E-state index is 13.0. The summed E-state index contributed by atoms with van der Waals surface area (Å²) in [5.41, 5.74) is -0.0579. The van der Waals surface area contributed by atoms with E-state index < -0.39 is 26.9 Å². The van der Waals surface area contributed by atoms with Crippen LogP contribution in [0.25, 0.3) is 0 Å². The molecule has 4 amide bonds. The Bertz CT molecular complexity index is 1110. The molecule has 0 spiro atoms. The first-order valence-electron chi connectivity index (χ1n) is 9.63. The van der Waals surface area contributed by atoms with Gasteiger partial charge in [0.05, 0.1) is 25.8 Å². The van der Waals surface area contributed by atoms with Crippen molar-refractivity contribution in [3.63, 3.8) is 0 Å². The fourth-order valence-electron chi connectivity index (χ4n) is 2.73. The van der Waals surface area contributed by atoms with Crippen molar-refractivity contribution in [2.75, 3.05) is 37.9 Å². The van der Waals surface area contributed by atoms with Crippen LogP contribution in [0.3, 0.4) is 0 Å². The van der Waals surface area contributed by atoms with Gasteiger partial charge in [-0.3, -0.25) is 14.9 Å². The zero-order chi connectivity index (χ0) is 24.6. The van der Waals surface area contributed by atoms with Crippen molar-refractivity contribution >= 4 is 40.0 Å². The molecule has 1 aromatic carbocycles. The molecule has 0 aliphatic carbocycles. The number of carbonyl (C=O) groups excluding carboxylic acids is 3. The van der Waals surface area contributed by atoms with Crippen LogP contribution < -0.4 is 24.8 Å². The number of methoxy groups -OCH3 is 2. The van der Waals surface area contributed by atoms with E-state index in [-0.39, 0.29) is 29.0 Å². The number of carbonyl (C=O) groups is 3. The fraction of sp³-hybridized carbons (Fsp3) is 0.316. The lowest BCUT2D eigenvalue weighted by atomic mass is 10.1. The number of sulfonamides is 1. The largest absolute Gasteiger partial charge is 0.481 e. The second-order valence-electron chi connectivity index (χ2n) is 6.29. The molecule has 13 nitrogen and oxygen atoms in total. The molecule has 0 bridgehead atoms. The minimum Gasteiger partial charge on any atom is -0.481 e. The van der Waals surface area contributed by atoms with E-state index in [1.807, 2.05) is 4.72 Å². The van der Waals surface area contributed by atoms with E-state index in [2.05, 4.69) is 20.6 Å². The Morgan fingerprint density at radius 1 is 1.06 bits per heavy atom. The number of ether oxygens (including phenoxy) is 2. The predicted molar refractivity (Wildman–Crippen MR) is 118 cm³/mol. The summed E-state index contributed by atoms with van der Waals surface area (Å²) >= 11 is 0. The van der Waals surface area contributed by atoms with Gasteiger partial charge >= 0.3 is 6.03 Å². The van der Waals surface area contributed by atoms with Gasteiger partial charge in [0.25, 0.3) is 15.9 Å². The van der Waals surface area contributed by atoms with Crippen LogP contribution in [-0.4, -0.2) is 68.9 Å². The fourth-order valence-corrected chi connectivity index (χ4v) is 3.87. The molecule has 2 aromatic rings. The Hall–Kier alpha value is -3.94. The molecule has 0 saturated carbocycles. The van der Waals surface area contributed by atoms with Crippen LogP contribution in [0.4, 0.5) is 16.4 Å². The van der Waals surface area contributed by atoms with E-state index >= 15 is 0 Å². The molecule has 0 aliphatic heterocycles. The summed E-state index contributed by atoms with van der Waals surface area (Å²) in [6.07, 6.45) is 0.352. The predicted octanol–water partition coefficient (Wildman–Crippen LogP) is 1.05. The molecule has 3 N–H and O–H groups in total. The zero-order valence-corrected chi connectivity index (χ0v) is 19.2. The number of hydrogen-bond donors (Lipinski definition) is 3.